The summed E-state index contributed by atoms with van der Waals surface area (Å²) in [5.74, 6) is 0.593. The third-order valence-corrected chi connectivity index (χ3v) is 5.26. The van der Waals surface area contributed by atoms with Crippen molar-refractivity contribution in [2.75, 3.05) is 13.7 Å². The van der Waals surface area contributed by atoms with E-state index >= 15 is 0 Å². The van der Waals surface area contributed by atoms with Crippen LogP contribution < -0.4 is 4.74 Å². The number of unbranched alkanes of at least 4 members (excludes halogenated alkanes) is 8. The number of fused-ring (bicyclic) bond motifs is 1. The van der Waals surface area contributed by atoms with E-state index in [9.17, 15) is 4.79 Å². The molecule has 0 bridgehead atoms. The van der Waals surface area contributed by atoms with Crippen LogP contribution in [0.3, 0.4) is 0 Å². The molecule has 0 aliphatic heterocycles. The SMILES string of the molecule is COc1ccc(Cl)c2ccc(CCCCCCCCCCCOC(C)=O)nc12. The average molecular weight is 406 g/mol. The molecule has 0 aliphatic rings. The molecule has 5 heteroatoms. The summed E-state index contributed by atoms with van der Waals surface area (Å²) in [5, 5.41) is 1.65. The van der Waals surface area contributed by atoms with E-state index in [2.05, 4.69) is 6.07 Å². The number of carbonyl (C=O) groups excluding carboxylic acids is 1. The van der Waals surface area contributed by atoms with Gasteiger partial charge in [0.2, 0.25) is 0 Å². The zero-order valence-corrected chi connectivity index (χ0v) is 17.9. The van der Waals surface area contributed by atoms with E-state index in [-0.39, 0.29) is 5.97 Å². The monoisotopic (exact) mass is 405 g/mol. The Labute approximate surface area is 173 Å². The van der Waals surface area contributed by atoms with Crippen molar-refractivity contribution in [3.63, 3.8) is 0 Å². The molecule has 1 heterocycles. The normalized spacial score (nSPS) is 11.0. The molecule has 154 valence electrons. The molecule has 0 saturated carbocycles. The number of benzene rings is 1. The summed E-state index contributed by atoms with van der Waals surface area (Å²) in [4.78, 5) is 15.4. The summed E-state index contributed by atoms with van der Waals surface area (Å²) in [6.07, 6.45) is 11.9. The van der Waals surface area contributed by atoms with Crippen LogP contribution in [-0.4, -0.2) is 24.7 Å². The van der Waals surface area contributed by atoms with Gasteiger partial charge in [-0.3, -0.25) is 4.79 Å². The minimum absolute atomic E-state index is 0.179. The van der Waals surface area contributed by atoms with E-state index in [0.717, 1.165) is 48.0 Å². The first kappa shape index (κ1) is 22.5. The molecule has 0 saturated heterocycles. The van der Waals surface area contributed by atoms with Crippen LogP contribution in [0.1, 0.15) is 70.4 Å². The number of aryl methyl sites for hydroxylation is 1. The molecule has 0 unspecified atom stereocenters. The van der Waals surface area contributed by atoms with Crippen molar-refractivity contribution in [1.29, 1.82) is 0 Å². The number of aromatic nitrogens is 1. The zero-order chi connectivity index (χ0) is 20.2. The Hall–Kier alpha value is -1.81. The van der Waals surface area contributed by atoms with E-state index < -0.39 is 0 Å². The smallest absolute Gasteiger partial charge is 0.302 e. The maximum absolute atomic E-state index is 10.7. The molecule has 0 radical (unpaired) electrons. The standard InChI is InChI=1S/C23H32ClNO3/c1-18(26)28-17-11-9-7-5-3-4-6-8-10-12-19-13-14-20-21(24)15-16-22(27-2)23(20)25-19/h13-16H,3-12,17H2,1-2H3. The Balaban J connectivity index is 1.58. The van der Waals surface area contributed by atoms with E-state index in [1.807, 2.05) is 18.2 Å². The van der Waals surface area contributed by atoms with E-state index in [0.29, 0.717) is 11.6 Å². The number of ether oxygens (including phenoxy) is 2. The van der Waals surface area contributed by atoms with Crippen molar-refractivity contribution in [3.8, 4) is 5.75 Å². The van der Waals surface area contributed by atoms with Crippen molar-refractivity contribution in [2.24, 2.45) is 0 Å². The molecule has 0 spiro atoms. The third kappa shape index (κ3) is 7.67. The van der Waals surface area contributed by atoms with Gasteiger partial charge in [-0.1, -0.05) is 56.5 Å². The van der Waals surface area contributed by atoms with Crippen LogP contribution >= 0.6 is 11.6 Å². The highest BCUT2D eigenvalue weighted by atomic mass is 35.5. The lowest BCUT2D eigenvalue weighted by Crippen LogP contribution is -2.00. The van der Waals surface area contributed by atoms with Crippen LogP contribution in [0.25, 0.3) is 10.9 Å². The minimum Gasteiger partial charge on any atom is -0.494 e. The quantitative estimate of drug-likeness (QED) is 0.281. The van der Waals surface area contributed by atoms with Gasteiger partial charge in [0.05, 0.1) is 18.7 Å². The fourth-order valence-corrected chi connectivity index (χ4v) is 3.58. The number of rotatable bonds is 13. The molecule has 0 N–H and O–H groups in total. The topological polar surface area (TPSA) is 48.4 Å². The Morgan fingerprint density at radius 3 is 2.21 bits per heavy atom. The summed E-state index contributed by atoms with van der Waals surface area (Å²) in [6, 6.07) is 7.84. The van der Waals surface area contributed by atoms with Gasteiger partial charge in [-0.15, -0.1) is 0 Å². The van der Waals surface area contributed by atoms with Gasteiger partial charge in [0.15, 0.2) is 0 Å². The van der Waals surface area contributed by atoms with Crippen LogP contribution in [0.15, 0.2) is 24.3 Å². The number of methoxy groups -OCH3 is 1. The molecule has 0 atom stereocenters. The summed E-state index contributed by atoms with van der Waals surface area (Å²) in [7, 11) is 1.66. The summed E-state index contributed by atoms with van der Waals surface area (Å²) < 4.78 is 10.4. The largest absolute Gasteiger partial charge is 0.494 e. The molecule has 28 heavy (non-hydrogen) atoms. The van der Waals surface area contributed by atoms with Gasteiger partial charge in [0, 0.05) is 18.0 Å². The number of nitrogens with zero attached hydrogens (tertiary/aromatic N) is 1. The number of halogens is 1. The molecule has 1 aromatic heterocycles. The molecule has 4 nitrogen and oxygen atoms in total. The van der Waals surface area contributed by atoms with Crippen LogP contribution in [0.4, 0.5) is 0 Å². The number of hydrogen-bond donors (Lipinski definition) is 0. The maximum atomic E-state index is 10.7. The fraction of sp³-hybridized carbons (Fsp3) is 0.565. The first-order valence-corrected chi connectivity index (χ1v) is 10.7. The van der Waals surface area contributed by atoms with Gasteiger partial charge in [0.25, 0.3) is 0 Å². The van der Waals surface area contributed by atoms with E-state index in [1.54, 1.807) is 7.11 Å². The predicted octanol–water partition coefficient (Wildman–Crippen LogP) is 6.51. The van der Waals surface area contributed by atoms with Crippen LogP contribution in [0.2, 0.25) is 5.02 Å². The fourth-order valence-electron chi connectivity index (χ4n) is 3.36. The van der Waals surface area contributed by atoms with Crippen molar-refractivity contribution < 1.29 is 14.3 Å². The molecule has 0 amide bonds. The lowest BCUT2D eigenvalue weighted by Gasteiger charge is -2.08. The van der Waals surface area contributed by atoms with Gasteiger partial charge in [-0.25, -0.2) is 4.98 Å². The van der Waals surface area contributed by atoms with Crippen molar-refractivity contribution >= 4 is 28.5 Å². The highest BCUT2D eigenvalue weighted by Crippen LogP contribution is 2.30. The van der Waals surface area contributed by atoms with Crippen molar-refractivity contribution in [1.82, 2.24) is 4.98 Å². The molecule has 2 aromatic rings. The molecular weight excluding hydrogens is 374 g/mol. The Morgan fingerprint density at radius 2 is 1.57 bits per heavy atom. The highest BCUT2D eigenvalue weighted by Gasteiger charge is 2.08. The zero-order valence-electron chi connectivity index (χ0n) is 17.1. The Kier molecular flexibility index (Phi) is 10.1. The molecule has 1 aromatic carbocycles. The maximum Gasteiger partial charge on any atom is 0.302 e. The lowest BCUT2D eigenvalue weighted by atomic mass is 10.1. The second-order valence-corrected chi connectivity index (χ2v) is 7.63. The molecule has 2 rings (SSSR count). The van der Waals surface area contributed by atoms with Crippen molar-refractivity contribution in [3.05, 3.63) is 35.0 Å². The molecular formula is C23H32ClNO3. The summed E-state index contributed by atoms with van der Waals surface area (Å²) >= 11 is 6.26. The van der Waals surface area contributed by atoms with Gasteiger partial charge in [-0.2, -0.15) is 0 Å². The Morgan fingerprint density at radius 1 is 0.929 bits per heavy atom. The van der Waals surface area contributed by atoms with Crippen LogP contribution in [0, 0.1) is 0 Å². The van der Waals surface area contributed by atoms with Crippen LogP contribution in [-0.2, 0) is 16.0 Å². The lowest BCUT2D eigenvalue weighted by molar-refractivity contribution is -0.141. The number of hydrogen-bond acceptors (Lipinski definition) is 4. The molecule has 0 fully saturated rings. The summed E-state index contributed by atoms with van der Waals surface area (Å²) in [6.45, 7) is 2.03. The van der Waals surface area contributed by atoms with E-state index in [1.165, 1.54) is 45.4 Å². The van der Waals surface area contributed by atoms with Crippen LogP contribution in [0.5, 0.6) is 5.75 Å². The van der Waals surface area contributed by atoms with Gasteiger partial charge >= 0.3 is 5.97 Å². The molecule has 0 aliphatic carbocycles. The number of carbonyl (C=O) groups is 1. The Bertz CT molecular complexity index is 748. The van der Waals surface area contributed by atoms with Gasteiger partial charge in [0.1, 0.15) is 11.3 Å². The summed E-state index contributed by atoms with van der Waals surface area (Å²) in [5.41, 5.74) is 1.95. The van der Waals surface area contributed by atoms with Gasteiger partial charge in [-0.05, 0) is 43.5 Å². The first-order chi connectivity index (χ1) is 13.6. The van der Waals surface area contributed by atoms with Crippen molar-refractivity contribution in [2.45, 2.75) is 71.1 Å². The second kappa shape index (κ2) is 12.6. The van der Waals surface area contributed by atoms with E-state index in [4.69, 9.17) is 26.1 Å². The predicted molar refractivity (Wildman–Crippen MR) is 115 cm³/mol. The minimum atomic E-state index is -0.179. The van der Waals surface area contributed by atoms with Gasteiger partial charge < -0.3 is 9.47 Å². The highest BCUT2D eigenvalue weighted by molar-refractivity contribution is 6.35. The second-order valence-electron chi connectivity index (χ2n) is 7.22. The average Bonchev–Trinajstić information content (AvgIpc) is 2.69. The number of pyridine rings is 1. The first-order valence-electron chi connectivity index (χ1n) is 10.4. The third-order valence-electron chi connectivity index (χ3n) is 4.93. The number of esters is 1.